The summed E-state index contributed by atoms with van der Waals surface area (Å²) >= 11 is 3.37. The Kier molecular flexibility index (Phi) is 5.91. The van der Waals surface area contributed by atoms with E-state index in [1.165, 1.54) is 5.56 Å². The van der Waals surface area contributed by atoms with Gasteiger partial charge in [0.05, 0.1) is 0 Å². The summed E-state index contributed by atoms with van der Waals surface area (Å²) in [6.07, 6.45) is 3.63. The van der Waals surface area contributed by atoms with Gasteiger partial charge in [0.1, 0.15) is 0 Å². The molecule has 3 nitrogen and oxygen atoms in total. The fourth-order valence-corrected chi connectivity index (χ4v) is 1.81. The van der Waals surface area contributed by atoms with Gasteiger partial charge in [-0.3, -0.25) is 4.79 Å². The number of carbonyl (C=O) groups excluding carboxylic acids is 1. The number of ketones is 1. The number of carboxylic acids is 1. The van der Waals surface area contributed by atoms with E-state index in [0.717, 1.165) is 23.7 Å². The van der Waals surface area contributed by atoms with Crippen molar-refractivity contribution in [2.45, 2.75) is 32.1 Å². The molecule has 0 aliphatic rings. The Balaban J connectivity index is 2.14. The highest BCUT2D eigenvalue weighted by Gasteiger charge is 2.09. The van der Waals surface area contributed by atoms with Crippen LogP contribution in [-0.2, 0) is 16.0 Å². The van der Waals surface area contributed by atoms with Crippen molar-refractivity contribution < 1.29 is 14.7 Å². The molecule has 1 N–H and O–H groups in total. The van der Waals surface area contributed by atoms with Gasteiger partial charge in [-0.25, -0.2) is 4.79 Å². The summed E-state index contributed by atoms with van der Waals surface area (Å²) in [5, 5.41) is 8.39. The van der Waals surface area contributed by atoms with Crippen molar-refractivity contribution in [1.82, 2.24) is 0 Å². The van der Waals surface area contributed by atoms with Crippen LogP contribution in [-0.4, -0.2) is 16.9 Å². The van der Waals surface area contributed by atoms with Gasteiger partial charge >= 0.3 is 5.97 Å². The van der Waals surface area contributed by atoms with Gasteiger partial charge in [0.2, 0.25) is 5.78 Å². The van der Waals surface area contributed by atoms with Crippen molar-refractivity contribution in [1.29, 1.82) is 0 Å². The molecule has 0 aromatic heterocycles. The van der Waals surface area contributed by atoms with E-state index in [4.69, 9.17) is 5.11 Å². The van der Waals surface area contributed by atoms with Crippen LogP contribution in [0.1, 0.15) is 31.2 Å². The zero-order valence-corrected chi connectivity index (χ0v) is 11.1. The molecule has 0 spiro atoms. The Morgan fingerprint density at radius 1 is 1.06 bits per heavy atom. The first-order chi connectivity index (χ1) is 8.09. The third-order valence-electron chi connectivity index (χ3n) is 2.52. The van der Waals surface area contributed by atoms with Crippen LogP contribution < -0.4 is 0 Å². The number of rotatable bonds is 7. The van der Waals surface area contributed by atoms with Crippen LogP contribution in [0.2, 0.25) is 0 Å². The van der Waals surface area contributed by atoms with E-state index in [-0.39, 0.29) is 6.42 Å². The van der Waals surface area contributed by atoms with Crippen LogP contribution in [0.5, 0.6) is 0 Å². The maximum Gasteiger partial charge on any atom is 0.372 e. The zero-order valence-electron chi connectivity index (χ0n) is 9.49. The van der Waals surface area contributed by atoms with Crippen LogP contribution in [0.15, 0.2) is 28.7 Å². The topological polar surface area (TPSA) is 54.4 Å². The molecule has 92 valence electrons. The maximum absolute atomic E-state index is 10.8. The third-order valence-corrected chi connectivity index (χ3v) is 3.05. The molecule has 1 rings (SSSR count). The summed E-state index contributed by atoms with van der Waals surface area (Å²) in [6, 6.07) is 8.13. The number of carboxylic acid groups (broad SMARTS) is 1. The fraction of sp³-hybridized carbons (Fsp3) is 0.385. The molecule has 1 aromatic carbocycles. The quantitative estimate of drug-likeness (QED) is 0.621. The highest BCUT2D eigenvalue weighted by molar-refractivity contribution is 9.10. The van der Waals surface area contributed by atoms with Gasteiger partial charge in [-0.15, -0.1) is 0 Å². The van der Waals surface area contributed by atoms with Crippen LogP contribution in [0, 0.1) is 0 Å². The predicted octanol–water partition coefficient (Wildman–Crippen LogP) is 3.21. The first kappa shape index (κ1) is 13.9. The molecule has 0 aliphatic carbocycles. The normalized spacial score (nSPS) is 10.2. The van der Waals surface area contributed by atoms with E-state index in [1.54, 1.807) is 0 Å². The molecule has 0 saturated carbocycles. The first-order valence-electron chi connectivity index (χ1n) is 5.60. The lowest BCUT2D eigenvalue weighted by Gasteiger charge is -2.01. The molecule has 0 radical (unpaired) electrons. The molecule has 0 heterocycles. The number of aryl methyl sites for hydroxylation is 1. The SMILES string of the molecule is O=C(O)C(=O)CCCCCc1ccc(Br)cc1. The minimum Gasteiger partial charge on any atom is -0.476 e. The fourth-order valence-electron chi connectivity index (χ4n) is 1.55. The number of unbranched alkanes of at least 4 members (excludes halogenated alkanes) is 2. The smallest absolute Gasteiger partial charge is 0.372 e. The Hall–Kier alpha value is -1.16. The van der Waals surface area contributed by atoms with E-state index < -0.39 is 11.8 Å². The lowest BCUT2D eigenvalue weighted by molar-refractivity contribution is -0.149. The van der Waals surface area contributed by atoms with Gasteiger partial charge in [0.25, 0.3) is 0 Å². The van der Waals surface area contributed by atoms with Crippen molar-refractivity contribution in [2.75, 3.05) is 0 Å². The molecule has 0 atom stereocenters. The van der Waals surface area contributed by atoms with Gasteiger partial charge in [0.15, 0.2) is 0 Å². The van der Waals surface area contributed by atoms with Crippen molar-refractivity contribution in [3.05, 3.63) is 34.3 Å². The summed E-state index contributed by atoms with van der Waals surface area (Å²) in [7, 11) is 0. The summed E-state index contributed by atoms with van der Waals surface area (Å²) in [5.74, 6) is -2.01. The Morgan fingerprint density at radius 3 is 2.29 bits per heavy atom. The minimum absolute atomic E-state index is 0.148. The lowest BCUT2D eigenvalue weighted by atomic mass is 10.1. The number of hydrogen-bond donors (Lipinski definition) is 1. The second kappa shape index (κ2) is 7.22. The highest BCUT2D eigenvalue weighted by Crippen LogP contribution is 2.13. The van der Waals surface area contributed by atoms with Crippen molar-refractivity contribution in [2.24, 2.45) is 0 Å². The summed E-state index contributed by atoms with van der Waals surface area (Å²) in [5.41, 5.74) is 1.26. The zero-order chi connectivity index (χ0) is 12.7. The second-order valence-electron chi connectivity index (χ2n) is 3.92. The number of hydrogen-bond acceptors (Lipinski definition) is 2. The summed E-state index contributed by atoms with van der Waals surface area (Å²) in [4.78, 5) is 21.1. The Morgan fingerprint density at radius 2 is 1.71 bits per heavy atom. The number of halogens is 1. The highest BCUT2D eigenvalue weighted by atomic mass is 79.9. The van der Waals surface area contributed by atoms with Crippen LogP contribution >= 0.6 is 15.9 Å². The molecule has 4 heteroatoms. The maximum atomic E-state index is 10.8. The van der Waals surface area contributed by atoms with E-state index in [1.807, 2.05) is 12.1 Å². The predicted molar refractivity (Wildman–Crippen MR) is 69.0 cm³/mol. The molecular formula is C13H15BrO3. The standard InChI is InChI=1S/C13H15BrO3/c14-11-8-6-10(7-9-11)4-2-1-3-5-12(15)13(16)17/h6-9H,1-5H2,(H,16,17). The van der Waals surface area contributed by atoms with Gasteiger partial charge in [-0.1, -0.05) is 34.5 Å². The Labute approximate surface area is 109 Å². The number of Topliss-reactive ketones (excluding diaryl/α,β-unsaturated/α-hetero) is 1. The molecule has 0 unspecified atom stereocenters. The number of aliphatic carboxylic acids is 1. The average molecular weight is 299 g/mol. The van der Waals surface area contributed by atoms with Gasteiger partial charge in [0, 0.05) is 10.9 Å². The van der Waals surface area contributed by atoms with Crippen LogP contribution in [0.25, 0.3) is 0 Å². The molecule has 17 heavy (non-hydrogen) atoms. The van der Waals surface area contributed by atoms with Gasteiger partial charge < -0.3 is 5.11 Å². The molecular weight excluding hydrogens is 284 g/mol. The molecule has 0 bridgehead atoms. The molecule has 0 saturated heterocycles. The molecule has 1 aromatic rings. The number of benzene rings is 1. The van der Waals surface area contributed by atoms with E-state index in [0.29, 0.717) is 6.42 Å². The van der Waals surface area contributed by atoms with E-state index in [9.17, 15) is 9.59 Å². The van der Waals surface area contributed by atoms with E-state index >= 15 is 0 Å². The van der Waals surface area contributed by atoms with Crippen LogP contribution in [0.4, 0.5) is 0 Å². The Bertz CT molecular complexity index is 384. The van der Waals surface area contributed by atoms with Crippen molar-refractivity contribution >= 4 is 27.7 Å². The van der Waals surface area contributed by atoms with Crippen molar-refractivity contribution in [3.63, 3.8) is 0 Å². The molecule has 0 amide bonds. The summed E-state index contributed by atoms with van der Waals surface area (Å²) < 4.78 is 1.06. The monoisotopic (exact) mass is 298 g/mol. The third kappa shape index (κ3) is 5.63. The summed E-state index contributed by atoms with van der Waals surface area (Å²) in [6.45, 7) is 0. The van der Waals surface area contributed by atoms with Crippen LogP contribution in [0.3, 0.4) is 0 Å². The lowest BCUT2D eigenvalue weighted by Crippen LogP contribution is -2.11. The second-order valence-corrected chi connectivity index (χ2v) is 4.83. The van der Waals surface area contributed by atoms with E-state index in [2.05, 4.69) is 28.1 Å². The molecule has 0 aliphatic heterocycles. The average Bonchev–Trinajstić information content (AvgIpc) is 2.30. The van der Waals surface area contributed by atoms with Crippen molar-refractivity contribution in [3.8, 4) is 0 Å². The minimum atomic E-state index is -1.32. The number of carbonyl (C=O) groups is 2. The van der Waals surface area contributed by atoms with Gasteiger partial charge in [-0.2, -0.15) is 0 Å². The molecule has 0 fully saturated rings. The largest absolute Gasteiger partial charge is 0.476 e. The first-order valence-corrected chi connectivity index (χ1v) is 6.39. The van der Waals surface area contributed by atoms with Gasteiger partial charge in [-0.05, 0) is 37.0 Å².